The summed E-state index contributed by atoms with van der Waals surface area (Å²) in [4.78, 5) is 12.2. The van der Waals surface area contributed by atoms with E-state index >= 15 is 0 Å². The Morgan fingerprint density at radius 1 is 1.40 bits per heavy atom. The number of piperidine rings is 1. The maximum Gasteiger partial charge on any atom is 0.237 e. The fraction of sp³-hybridized carbons (Fsp3) is 0.786. The van der Waals surface area contributed by atoms with Crippen molar-refractivity contribution < 1.29 is 4.79 Å². The van der Waals surface area contributed by atoms with E-state index in [-0.39, 0.29) is 11.9 Å². The predicted octanol–water partition coefficient (Wildman–Crippen LogP) is 0.742. The van der Waals surface area contributed by atoms with Crippen LogP contribution >= 0.6 is 0 Å². The lowest BCUT2D eigenvalue weighted by molar-refractivity contribution is -0.124. The second-order valence-corrected chi connectivity index (χ2v) is 6.02. The van der Waals surface area contributed by atoms with Crippen LogP contribution in [-0.4, -0.2) is 32.8 Å². The molecule has 1 saturated carbocycles. The maximum absolute atomic E-state index is 12.2. The normalized spacial score (nSPS) is 29.8. The third-order valence-electron chi connectivity index (χ3n) is 4.69. The van der Waals surface area contributed by atoms with Gasteiger partial charge in [-0.25, -0.2) is 0 Å². The number of hydrogen-bond acceptors (Lipinski definition) is 4. The summed E-state index contributed by atoms with van der Waals surface area (Å²) in [5.74, 6) is 1.66. The highest BCUT2D eigenvalue weighted by Gasteiger charge is 2.34. The van der Waals surface area contributed by atoms with Gasteiger partial charge in [-0.05, 0) is 31.6 Å². The topological polar surface area (TPSA) is 71.8 Å². The summed E-state index contributed by atoms with van der Waals surface area (Å²) < 4.78 is 1.83. The van der Waals surface area contributed by atoms with Crippen LogP contribution < -0.4 is 10.6 Å². The smallest absolute Gasteiger partial charge is 0.237 e. The molecule has 1 amide bonds. The second kappa shape index (κ2) is 5.91. The van der Waals surface area contributed by atoms with Crippen LogP contribution in [0.2, 0.25) is 0 Å². The third kappa shape index (κ3) is 2.85. The lowest BCUT2D eigenvalue weighted by Gasteiger charge is -2.39. The van der Waals surface area contributed by atoms with E-state index in [1.165, 1.54) is 32.1 Å². The van der Waals surface area contributed by atoms with E-state index in [1.807, 2.05) is 11.6 Å². The van der Waals surface area contributed by atoms with Crippen LogP contribution in [-0.2, 0) is 18.4 Å². The Hall–Kier alpha value is -1.43. The van der Waals surface area contributed by atoms with Gasteiger partial charge in [0, 0.05) is 13.1 Å². The van der Waals surface area contributed by atoms with Gasteiger partial charge in [0.1, 0.15) is 6.33 Å². The zero-order valence-corrected chi connectivity index (χ0v) is 12.0. The molecular weight excluding hydrogens is 254 g/mol. The van der Waals surface area contributed by atoms with E-state index in [0.717, 1.165) is 18.2 Å². The van der Waals surface area contributed by atoms with E-state index in [0.29, 0.717) is 12.6 Å². The van der Waals surface area contributed by atoms with Gasteiger partial charge in [0.05, 0.1) is 12.6 Å². The van der Waals surface area contributed by atoms with Crippen LogP contribution in [0.5, 0.6) is 0 Å². The molecule has 110 valence electrons. The fourth-order valence-corrected chi connectivity index (χ4v) is 3.46. The first kappa shape index (κ1) is 13.5. The summed E-state index contributed by atoms with van der Waals surface area (Å²) in [6.07, 6.45) is 8.97. The first-order valence-corrected chi connectivity index (χ1v) is 7.60. The summed E-state index contributed by atoms with van der Waals surface area (Å²) in [7, 11) is 1.88. The number of aryl methyl sites for hydroxylation is 1. The van der Waals surface area contributed by atoms with Crippen LogP contribution in [0.15, 0.2) is 6.33 Å². The third-order valence-corrected chi connectivity index (χ3v) is 4.69. The van der Waals surface area contributed by atoms with Crippen molar-refractivity contribution in [2.24, 2.45) is 13.0 Å². The minimum Gasteiger partial charge on any atom is -0.347 e. The maximum atomic E-state index is 12.2. The van der Waals surface area contributed by atoms with Crippen molar-refractivity contribution in [3.05, 3.63) is 12.2 Å². The number of rotatable bonds is 3. The van der Waals surface area contributed by atoms with Gasteiger partial charge in [-0.1, -0.05) is 12.8 Å². The van der Waals surface area contributed by atoms with Gasteiger partial charge in [0.25, 0.3) is 0 Å². The molecular formula is C14H23N5O. The molecule has 6 heteroatoms. The molecule has 0 spiro atoms. The molecule has 1 aromatic heterocycles. The largest absolute Gasteiger partial charge is 0.347 e. The summed E-state index contributed by atoms with van der Waals surface area (Å²) in [5, 5.41) is 14.3. The highest BCUT2D eigenvalue weighted by molar-refractivity contribution is 5.81. The first-order chi connectivity index (χ1) is 9.74. The average Bonchev–Trinajstić information content (AvgIpc) is 2.89. The molecule has 0 bridgehead atoms. The molecule has 2 N–H and O–H groups in total. The van der Waals surface area contributed by atoms with Crippen molar-refractivity contribution in [1.29, 1.82) is 0 Å². The molecule has 1 aromatic rings. The van der Waals surface area contributed by atoms with Gasteiger partial charge in [-0.3, -0.25) is 4.79 Å². The van der Waals surface area contributed by atoms with E-state index in [1.54, 1.807) is 6.33 Å². The summed E-state index contributed by atoms with van der Waals surface area (Å²) in [5.41, 5.74) is 0. The summed E-state index contributed by atoms with van der Waals surface area (Å²) in [6.45, 7) is 0.446. The Morgan fingerprint density at radius 2 is 2.25 bits per heavy atom. The lowest BCUT2D eigenvalue weighted by atomic mass is 9.77. The van der Waals surface area contributed by atoms with Crippen LogP contribution in [0.3, 0.4) is 0 Å². The van der Waals surface area contributed by atoms with Crippen molar-refractivity contribution in [2.45, 2.75) is 57.2 Å². The minimum absolute atomic E-state index is 0.0393. The van der Waals surface area contributed by atoms with E-state index in [2.05, 4.69) is 20.8 Å². The number of carbonyl (C=O) groups excluding carboxylic acids is 1. The second-order valence-electron chi connectivity index (χ2n) is 6.02. The summed E-state index contributed by atoms with van der Waals surface area (Å²) in [6, 6.07) is 0.505. The number of aromatic nitrogens is 3. The average molecular weight is 277 g/mol. The Kier molecular flexibility index (Phi) is 4.00. The molecule has 3 unspecified atom stereocenters. The van der Waals surface area contributed by atoms with E-state index in [9.17, 15) is 4.79 Å². The minimum atomic E-state index is -0.0393. The molecule has 2 aliphatic rings. The Labute approximate surface area is 119 Å². The Bertz CT molecular complexity index is 472. The van der Waals surface area contributed by atoms with Crippen LogP contribution in [0.25, 0.3) is 0 Å². The first-order valence-electron chi connectivity index (χ1n) is 7.60. The Balaban J connectivity index is 1.51. The van der Waals surface area contributed by atoms with Gasteiger partial charge in [-0.2, -0.15) is 0 Å². The molecule has 6 nitrogen and oxygen atoms in total. The standard InChI is InChI=1S/C14H23N5O/c1-19-9-16-18-13(19)8-15-14(20)12-7-6-10-4-2-3-5-11(10)17-12/h9-12,17H,2-8H2,1H3,(H,15,20). The molecule has 0 radical (unpaired) electrons. The van der Waals surface area contributed by atoms with Crippen molar-refractivity contribution in [1.82, 2.24) is 25.4 Å². The number of fused-ring (bicyclic) bond motifs is 1. The summed E-state index contributed by atoms with van der Waals surface area (Å²) >= 11 is 0. The number of amides is 1. The quantitative estimate of drug-likeness (QED) is 0.855. The van der Waals surface area contributed by atoms with E-state index < -0.39 is 0 Å². The number of carbonyl (C=O) groups is 1. The van der Waals surface area contributed by atoms with Crippen LogP contribution in [0, 0.1) is 5.92 Å². The molecule has 1 aliphatic carbocycles. The monoisotopic (exact) mass is 277 g/mol. The molecule has 20 heavy (non-hydrogen) atoms. The highest BCUT2D eigenvalue weighted by Crippen LogP contribution is 2.32. The Morgan fingerprint density at radius 3 is 3.05 bits per heavy atom. The fourth-order valence-electron chi connectivity index (χ4n) is 3.46. The predicted molar refractivity (Wildman–Crippen MR) is 74.8 cm³/mol. The van der Waals surface area contributed by atoms with Crippen molar-refractivity contribution in [3.63, 3.8) is 0 Å². The highest BCUT2D eigenvalue weighted by atomic mass is 16.2. The number of nitrogens with zero attached hydrogens (tertiary/aromatic N) is 3. The van der Waals surface area contributed by atoms with Crippen molar-refractivity contribution in [3.8, 4) is 0 Å². The molecule has 0 aromatic carbocycles. The molecule has 1 saturated heterocycles. The molecule has 2 fully saturated rings. The number of nitrogens with one attached hydrogen (secondary N) is 2. The van der Waals surface area contributed by atoms with E-state index in [4.69, 9.17) is 0 Å². The zero-order chi connectivity index (χ0) is 13.9. The molecule has 3 atom stereocenters. The van der Waals surface area contributed by atoms with Gasteiger partial charge >= 0.3 is 0 Å². The van der Waals surface area contributed by atoms with Crippen LogP contribution in [0.1, 0.15) is 44.3 Å². The molecule has 2 heterocycles. The molecule has 3 rings (SSSR count). The van der Waals surface area contributed by atoms with Crippen LogP contribution in [0.4, 0.5) is 0 Å². The van der Waals surface area contributed by atoms with Gasteiger partial charge < -0.3 is 15.2 Å². The number of hydrogen-bond donors (Lipinski definition) is 2. The lowest BCUT2D eigenvalue weighted by Crippen LogP contribution is -2.54. The van der Waals surface area contributed by atoms with Gasteiger partial charge in [0.15, 0.2) is 5.82 Å². The zero-order valence-electron chi connectivity index (χ0n) is 12.0. The van der Waals surface area contributed by atoms with Gasteiger partial charge in [-0.15, -0.1) is 10.2 Å². The van der Waals surface area contributed by atoms with Crippen molar-refractivity contribution in [2.75, 3.05) is 0 Å². The SMILES string of the molecule is Cn1cnnc1CNC(=O)C1CCC2CCCCC2N1. The van der Waals surface area contributed by atoms with Gasteiger partial charge in [0.2, 0.25) is 5.91 Å². The van der Waals surface area contributed by atoms with Crippen molar-refractivity contribution >= 4 is 5.91 Å². The molecule has 1 aliphatic heterocycles.